The van der Waals surface area contributed by atoms with E-state index in [1.807, 2.05) is 54.6 Å². The van der Waals surface area contributed by atoms with E-state index in [9.17, 15) is 18.0 Å². The van der Waals surface area contributed by atoms with Crippen LogP contribution in [0.1, 0.15) is 11.1 Å². The van der Waals surface area contributed by atoms with Crippen LogP contribution in [0, 0.1) is 0 Å². The molecule has 1 unspecified atom stereocenters. The molecule has 0 aliphatic heterocycles. The summed E-state index contributed by atoms with van der Waals surface area (Å²) in [7, 11) is -2.65. The van der Waals surface area contributed by atoms with Gasteiger partial charge >= 0.3 is 0 Å². The zero-order valence-corrected chi connectivity index (χ0v) is 25.4. The smallest absolute Gasteiger partial charge is 0.264 e. The molecule has 0 aromatic heterocycles. The van der Waals surface area contributed by atoms with Crippen molar-refractivity contribution in [1.82, 2.24) is 10.2 Å². The Labute approximate surface area is 253 Å². The van der Waals surface area contributed by atoms with Crippen LogP contribution in [0.25, 0.3) is 0 Å². The largest absolute Gasteiger partial charge is 0.357 e. The van der Waals surface area contributed by atoms with Crippen LogP contribution in [0.3, 0.4) is 0 Å². The van der Waals surface area contributed by atoms with Gasteiger partial charge in [0.2, 0.25) is 11.8 Å². The second-order valence-electron chi connectivity index (χ2n) is 9.27. The second kappa shape index (κ2) is 13.8. The number of amides is 2. The van der Waals surface area contributed by atoms with Gasteiger partial charge in [0.1, 0.15) is 12.6 Å². The summed E-state index contributed by atoms with van der Waals surface area (Å²) < 4.78 is 29.7. The average molecular weight is 655 g/mol. The number of hydrogen-bond acceptors (Lipinski definition) is 4. The Morgan fingerprint density at radius 1 is 0.854 bits per heavy atom. The monoisotopic (exact) mass is 653 g/mol. The number of sulfonamides is 1. The maximum atomic E-state index is 14.2. The van der Waals surface area contributed by atoms with Gasteiger partial charge in [-0.25, -0.2) is 8.42 Å². The predicted octanol–water partition coefficient (Wildman–Crippen LogP) is 5.68. The number of anilines is 1. The normalized spacial score (nSPS) is 11.9. The van der Waals surface area contributed by atoms with Crippen LogP contribution in [0.15, 0.2) is 119 Å². The molecule has 1 N–H and O–H groups in total. The number of nitrogens with zero attached hydrogens (tertiary/aromatic N) is 2. The zero-order valence-electron chi connectivity index (χ0n) is 22.3. The van der Waals surface area contributed by atoms with Crippen LogP contribution in [0.5, 0.6) is 0 Å². The summed E-state index contributed by atoms with van der Waals surface area (Å²) in [6, 6.07) is 30.1. The molecule has 0 aliphatic rings. The van der Waals surface area contributed by atoms with Crippen molar-refractivity contribution < 1.29 is 18.0 Å². The third kappa shape index (κ3) is 7.75. The van der Waals surface area contributed by atoms with E-state index in [0.717, 1.165) is 19.9 Å². The van der Waals surface area contributed by atoms with Gasteiger partial charge in [-0.05, 0) is 53.6 Å². The zero-order chi connectivity index (χ0) is 29.4. The van der Waals surface area contributed by atoms with E-state index in [2.05, 4.69) is 21.2 Å². The molecule has 0 radical (unpaired) electrons. The Morgan fingerprint density at radius 2 is 1.49 bits per heavy atom. The standard InChI is InChI=1S/C31H29BrClN3O4S/c1-34-31(38)29(19-23-9-4-2-5-10-23)35(21-24-15-17-25(32)18-16-24)30(37)22-36(27-12-8-11-26(33)20-27)41(39,40)28-13-6-3-7-14-28/h2-18,20,29H,19,21-22H2,1H3,(H,34,38). The first kappa shape index (κ1) is 30.3. The van der Waals surface area contributed by atoms with E-state index in [1.165, 1.54) is 30.1 Å². The van der Waals surface area contributed by atoms with Crippen LogP contribution in [-0.2, 0) is 32.6 Å². The van der Waals surface area contributed by atoms with Crippen molar-refractivity contribution >= 4 is 55.1 Å². The van der Waals surface area contributed by atoms with Crippen molar-refractivity contribution in [2.75, 3.05) is 17.9 Å². The van der Waals surface area contributed by atoms with Gasteiger partial charge in [0.25, 0.3) is 10.0 Å². The summed E-state index contributed by atoms with van der Waals surface area (Å²) in [5.41, 5.74) is 1.87. The van der Waals surface area contributed by atoms with Crippen LogP contribution in [-0.4, -0.2) is 44.8 Å². The van der Waals surface area contributed by atoms with Crippen LogP contribution < -0.4 is 9.62 Å². The van der Waals surface area contributed by atoms with E-state index in [4.69, 9.17) is 11.6 Å². The fourth-order valence-corrected chi connectivity index (χ4v) is 6.26. The maximum absolute atomic E-state index is 14.2. The van der Waals surface area contributed by atoms with Gasteiger partial charge in [-0.3, -0.25) is 13.9 Å². The third-order valence-electron chi connectivity index (χ3n) is 6.49. The number of benzene rings is 4. The number of halogens is 2. The number of carbonyl (C=O) groups is 2. The average Bonchev–Trinajstić information content (AvgIpc) is 2.99. The molecule has 0 spiro atoms. The lowest BCUT2D eigenvalue weighted by Gasteiger charge is -2.33. The van der Waals surface area contributed by atoms with Gasteiger partial charge in [-0.1, -0.05) is 94.3 Å². The van der Waals surface area contributed by atoms with Gasteiger partial charge in [-0.15, -0.1) is 0 Å². The lowest BCUT2D eigenvalue weighted by molar-refractivity contribution is -0.139. The van der Waals surface area contributed by atoms with Crippen molar-refractivity contribution in [2.24, 2.45) is 0 Å². The van der Waals surface area contributed by atoms with E-state index < -0.39 is 28.5 Å². The number of nitrogens with one attached hydrogen (secondary N) is 1. The summed E-state index contributed by atoms with van der Waals surface area (Å²) in [5.74, 6) is -0.906. The molecule has 7 nitrogen and oxygen atoms in total. The van der Waals surface area contributed by atoms with Gasteiger partial charge < -0.3 is 10.2 Å². The molecule has 4 aromatic rings. The highest BCUT2D eigenvalue weighted by Crippen LogP contribution is 2.27. The van der Waals surface area contributed by atoms with Crippen LogP contribution in [0.4, 0.5) is 5.69 Å². The molecule has 0 heterocycles. The molecule has 0 saturated heterocycles. The maximum Gasteiger partial charge on any atom is 0.264 e. The van der Waals surface area contributed by atoms with Gasteiger partial charge in [0, 0.05) is 29.5 Å². The van der Waals surface area contributed by atoms with Crippen molar-refractivity contribution in [2.45, 2.75) is 23.9 Å². The Kier molecular flexibility index (Phi) is 10.2. The minimum atomic E-state index is -4.17. The van der Waals surface area contributed by atoms with E-state index in [0.29, 0.717) is 5.02 Å². The van der Waals surface area contributed by atoms with Crippen LogP contribution in [0.2, 0.25) is 5.02 Å². The molecular formula is C31H29BrClN3O4S. The highest BCUT2D eigenvalue weighted by Gasteiger charge is 2.34. The molecule has 0 aliphatic carbocycles. The molecule has 41 heavy (non-hydrogen) atoms. The first-order valence-electron chi connectivity index (χ1n) is 12.8. The Bertz CT molecular complexity index is 1590. The van der Waals surface area contributed by atoms with Gasteiger partial charge in [0.15, 0.2) is 0 Å². The topological polar surface area (TPSA) is 86.8 Å². The van der Waals surface area contributed by atoms with Gasteiger partial charge in [-0.2, -0.15) is 0 Å². The first-order chi connectivity index (χ1) is 19.7. The molecule has 212 valence electrons. The van der Waals surface area contributed by atoms with Crippen molar-refractivity contribution in [3.8, 4) is 0 Å². The molecule has 2 amide bonds. The van der Waals surface area contributed by atoms with E-state index in [-0.39, 0.29) is 29.5 Å². The lowest BCUT2D eigenvalue weighted by atomic mass is 10.0. The third-order valence-corrected chi connectivity index (χ3v) is 9.04. The number of likely N-dealkylation sites (N-methyl/N-ethyl adjacent to an activating group) is 1. The SMILES string of the molecule is CNC(=O)C(Cc1ccccc1)N(Cc1ccc(Br)cc1)C(=O)CN(c1cccc(Cl)c1)S(=O)(=O)c1ccccc1. The fourth-order valence-electron chi connectivity index (χ4n) is 4.39. The molecule has 1 atom stereocenters. The molecule has 0 bridgehead atoms. The minimum absolute atomic E-state index is 0.0272. The number of hydrogen-bond donors (Lipinski definition) is 1. The van der Waals surface area contributed by atoms with Crippen LogP contribution >= 0.6 is 27.5 Å². The minimum Gasteiger partial charge on any atom is -0.357 e. The molecule has 0 saturated carbocycles. The summed E-state index contributed by atoms with van der Waals surface area (Å²) >= 11 is 9.66. The second-order valence-corrected chi connectivity index (χ2v) is 12.5. The summed E-state index contributed by atoms with van der Waals surface area (Å²) in [5, 5.41) is 3.00. The molecule has 4 aromatic carbocycles. The predicted molar refractivity (Wildman–Crippen MR) is 165 cm³/mol. The highest BCUT2D eigenvalue weighted by atomic mass is 79.9. The van der Waals surface area contributed by atoms with Crippen molar-refractivity contribution in [1.29, 1.82) is 0 Å². The molecular weight excluding hydrogens is 626 g/mol. The summed E-state index contributed by atoms with van der Waals surface area (Å²) in [4.78, 5) is 28.9. The fraction of sp³-hybridized carbons (Fsp3) is 0.161. The van der Waals surface area contributed by atoms with Crippen molar-refractivity contribution in [3.63, 3.8) is 0 Å². The first-order valence-corrected chi connectivity index (χ1v) is 15.4. The Morgan fingerprint density at radius 3 is 2.10 bits per heavy atom. The Balaban J connectivity index is 1.78. The van der Waals surface area contributed by atoms with Crippen molar-refractivity contribution in [3.05, 3.63) is 130 Å². The summed E-state index contributed by atoms with van der Waals surface area (Å²) in [6.45, 7) is -0.456. The van der Waals surface area contributed by atoms with Gasteiger partial charge in [0.05, 0.1) is 10.6 Å². The Hall–Kier alpha value is -3.66. The quantitative estimate of drug-likeness (QED) is 0.225. The molecule has 0 fully saturated rings. The summed E-state index contributed by atoms with van der Waals surface area (Å²) in [6.07, 6.45) is 0.241. The van der Waals surface area contributed by atoms with E-state index >= 15 is 0 Å². The molecule has 10 heteroatoms. The number of carbonyl (C=O) groups excluding carboxylic acids is 2. The molecule has 4 rings (SSSR count). The number of rotatable bonds is 11. The highest BCUT2D eigenvalue weighted by molar-refractivity contribution is 9.10. The lowest BCUT2D eigenvalue weighted by Crippen LogP contribution is -2.53. The van der Waals surface area contributed by atoms with E-state index in [1.54, 1.807) is 36.4 Å².